The van der Waals surface area contributed by atoms with E-state index in [-0.39, 0.29) is 6.10 Å². The number of fused-ring (bicyclic) bond motifs is 1. The maximum atomic E-state index is 10.6. The summed E-state index contributed by atoms with van der Waals surface area (Å²) in [5, 5.41) is 22.8. The molecule has 0 saturated carbocycles. The van der Waals surface area contributed by atoms with Crippen molar-refractivity contribution in [3.05, 3.63) is 48.0 Å². The second kappa shape index (κ2) is 11.9. The van der Waals surface area contributed by atoms with E-state index in [2.05, 4.69) is 46.4 Å². The highest BCUT2D eigenvalue weighted by atomic mass is 19.4. The number of nitrogens with zero attached hydrogens (tertiary/aromatic N) is 2. The van der Waals surface area contributed by atoms with E-state index >= 15 is 0 Å². The van der Waals surface area contributed by atoms with E-state index in [9.17, 15) is 26.3 Å². The molecular formula is C22H22F6N4O5. The molecular weight excluding hydrogens is 514 g/mol. The summed E-state index contributed by atoms with van der Waals surface area (Å²) in [6.07, 6.45) is -10.0. The number of carboxylic acid groups (broad SMARTS) is 2. The summed E-state index contributed by atoms with van der Waals surface area (Å²) in [6.45, 7) is 2.71. The lowest BCUT2D eigenvalue weighted by atomic mass is 10.0. The van der Waals surface area contributed by atoms with Gasteiger partial charge in [0.1, 0.15) is 0 Å². The van der Waals surface area contributed by atoms with E-state index in [1.807, 2.05) is 18.2 Å². The van der Waals surface area contributed by atoms with E-state index in [0.29, 0.717) is 0 Å². The monoisotopic (exact) mass is 536 g/mol. The number of ether oxygens (including phenoxy) is 1. The zero-order valence-corrected chi connectivity index (χ0v) is 19.1. The van der Waals surface area contributed by atoms with Crippen LogP contribution in [-0.4, -0.2) is 76.3 Å². The number of nitrogen functional groups attached to an aromatic ring is 1. The Morgan fingerprint density at radius 3 is 2.05 bits per heavy atom. The fraction of sp³-hybridized carbons (Fsp3) is 0.318. The van der Waals surface area contributed by atoms with E-state index in [4.69, 9.17) is 30.3 Å². The fourth-order valence-corrected chi connectivity index (χ4v) is 3.09. The van der Waals surface area contributed by atoms with Crippen molar-refractivity contribution in [1.29, 1.82) is 0 Å². The Balaban J connectivity index is 0.000000286. The quantitative estimate of drug-likeness (QED) is 0.284. The summed E-state index contributed by atoms with van der Waals surface area (Å²) in [5.74, 6) is -5.51. The third-order valence-corrected chi connectivity index (χ3v) is 4.90. The van der Waals surface area contributed by atoms with Crippen molar-refractivity contribution >= 4 is 28.5 Å². The zero-order chi connectivity index (χ0) is 28.0. The maximum absolute atomic E-state index is 10.6. The number of H-pyrrole nitrogens is 1. The SMILES string of the molecule is CN1CCOC(c2ccc(-c3n[nH]c4ccc(N)cc34)cc2)C1.O=C(O)C(F)(F)F.O=C(O)C(F)(F)F. The van der Waals surface area contributed by atoms with Gasteiger partial charge in [0.25, 0.3) is 0 Å². The number of carboxylic acids is 2. The first-order chi connectivity index (χ1) is 17.1. The number of rotatable bonds is 2. The topological polar surface area (TPSA) is 142 Å². The summed E-state index contributed by atoms with van der Waals surface area (Å²) in [4.78, 5) is 20.1. The largest absolute Gasteiger partial charge is 0.490 e. The molecule has 1 aliphatic heterocycles. The average molecular weight is 536 g/mol. The minimum atomic E-state index is -5.08. The van der Waals surface area contributed by atoms with Crippen LogP contribution in [0.1, 0.15) is 11.7 Å². The van der Waals surface area contributed by atoms with Crippen molar-refractivity contribution in [3.8, 4) is 11.3 Å². The number of benzene rings is 2. The highest BCUT2D eigenvalue weighted by molar-refractivity contribution is 5.94. The molecule has 4 rings (SSSR count). The fourth-order valence-electron chi connectivity index (χ4n) is 3.09. The molecule has 5 N–H and O–H groups in total. The van der Waals surface area contributed by atoms with Gasteiger partial charge in [-0.3, -0.25) is 5.10 Å². The lowest BCUT2D eigenvalue weighted by Gasteiger charge is -2.30. The van der Waals surface area contributed by atoms with Crippen molar-refractivity contribution in [2.24, 2.45) is 0 Å². The van der Waals surface area contributed by atoms with Crippen LogP contribution in [-0.2, 0) is 14.3 Å². The minimum Gasteiger partial charge on any atom is -0.475 e. The van der Waals surface area contributed by atoms with Crippen LogP contribution in [0, 0.1) is 0 Å². The first-order valence-electron chi connectivity index (χ1n) is 10.3. The number of aromatic nitrogens is 2. The van der Waals surface area contributed by atoms with Crippen LogP contribution < -0.4 is 5.73 Å². The molecule has 0 amide bonds. The van der Waals surface area contributed by atoms with Crippen molar-refractivity contribution in [1.82, 2.24) is 15.1 Å². The number of halogens is 6. The first-order valence-corrected chi connectivity index (χ1v) is 10.3. The van der Waals surface area contributed by atoms with Gasteiger partial charge in [0.2, 0.25) is 0 Å². The number of nitrogens with two attached hydrogens (primary N) is 1. The third-order valence-electron chi connectivity index (χ3n) is 4.90. The molecule has 0 spiro atoms. The van der Waals surface area contributed by atoms with Crippen molar-refractivity contribution in [2.45, 2.75) is 18.5 Å². The van der Waals surface area contributed by atoms with Crippen LogP contribution in [0.3, 0.4) is 0 Å². The lowest BCUT2D eigenvalue weighted by Crippen LogP contribution is -2.35. The van der Waals surface area contributed by atoms with Gasteiger partial charge >= 0.3 is 24.3 Å². The van der Waals surface area contributed by atoms with E-state index < -0.39 is 24.3 Å². The first kappa shape index (κ1) is 29.4. The Hall–Kier alpha value is -3.85. The van der Waals surface area contributed by atoms with Crippen molar-refractivity contribution < 1.29 is 50.9 Å². The third kappa shape index (κ3) is 8.64. The highest BCUT2D eigenvalue weighted by Crippen LogP contribution is 2.30. The minimum absolute atomic E-state index is 0.148. The Bertz CT molecular complexity index is 1190. The molecule has 1 saturated heterocycles. The highest BCUT2D eigenvalue weighted by Gasteiger charge is 2.38. The predicted octanol–water partition coefficient (Wildman–Crippen LogP) is 4.08. The average Bonchev–Trinajstić information content (AvgIpc) is 3.22. The molecule has 2 heterocycles. The molecule has 1 aliphatic rings. The normalized spacial score (nSPS) is 16.2. The lowest BCUT2D eigenvalue weighted by molar-refractivity contribution is -0.193. The van der Waals surface area contributed by atoms with Gasteiger partial charge in [0.05, 0.1) is 23.9 Å². The van der Waals surface area contributed by atoms with Gasteiger partial charge in [0, 0.05) is 29.7 Å². The smallest absolute Gasteiger partial charge is 0.475 e. The number of morpholine rings is 1. The van der Waals surface area contributed by atoms with Crippen LogP contribution in [0.2, 0.25) is 0 Å². The number of hydrogen-bond donors (Lipinski definition) is 4. The second-order valence-corrected chi connectivity index (χ2v) is 7.73. The number of nitrogens with one attached hydrogen (secondary N) is 1. The molecule has 1 aromatic heterocycles. The molecule has 1 fully saturated rings. The summed E-state index contributed by atoms with van der Waals surface area (Å²) < 4.78 is 69.3. The molecule has 202 valence electrons. The number of carbonyl (C=O) groups is 2. The van der Waals surface area contributed by atoms with Gasteiger partial charge in [-0.2, -0.15) is 31.4 Å². The Labute approximate surface area is 205 Å². The van der Waals surface area contributed by atoms with Crippen LogP contribution >= 0.6 is 0 Å². The molecule has 0 radical (unpaired) electrons. The Morgan fingerprint density at radius 1 is 1.03 bits per heavy atom. The summed E-state index contributed by atoms with van der Waals surface area (Å²) in [7, 11) is 2.13. The predicted molar refractivity (Wildman–Crippen MR) is 120 cm³/mol. The van der Waals surface area contributed by atoms with Crippen LogP contribution in [0.15, 0.2) is 42.5 Å². The van der Waals surface area contributed by atoms with Crippen LogP contribution in [0.25, 0.3) is 22.2 Å². The molecule has 15 heteroatoms. The molecule has 1 unspecified atom stereocenters. The van der Waals surface area contributed by atoms with E-state index in [1.54, 1.807) is 0 Å². The van der Waals surface area contributed by atoms with Gasteiger partial charge < -0.3 is 25.6 Å². The van der Waals surface area contributed by atoms with Gasteiger partial charge in [0.15, 0.2) is 0 Å². The number of hydrogen-bond acceptors (Lipinski definition) is 6. The van der Waals surface area contributed by atoms with Gasteiger partial charge in [-0.15, -0.1) is 0 Å². The number of likely N-dealkylation sites (N-methyl/N-ethyl adjacent to an activating group) is 1. The molecule has 0 bridgehead atoms. The van der Waals surface area contributed by atoms with Gasteiger partial charge in [-0.1, -0.05) is 24.3 Å². The Kier molecular flexibility index (Phi) is 9.47. The van der Waals surface area contributed by atoms with Crippen LogP contribution in [0.4, 0.5) is 32.0 Å². The summed E-state index contributed by atoms with van der Waals surface area (Å²) in [5.41, 5.74) is 10.9. The molecule has 0 aliphatic carbocycles. The van der Waals surface area contributed by atoms with Crippen LogP contribution in [0.5, 0.6) is 0 Å². The standard InChI is InChI=1S/C18H20N4O.2C2HF3O2/c1-22-8-9-23-17(11-22)12-2-4-13(5-3-12)18-15-10-14(19)6-7-16(15)20-21-18;2*3-2(4,5)1(6)7/h2-7,10,17H,8-9,11,19H2,1H3,(H,20,21);2*(H,6,7). The number of aromatic amines is 1. The molecule has 2 aromatic carbocycles. The Morgan fingerprint density at radius 2 is 1.57 bits per heavy atom. The molecule has 3 aromatic rings. The number of anilines is 1. The zero-order valence-electron chi connectivity index (χ0n) is 19.1. The summed E-state index contributed by atoms with van der Waals surface area (Å²) >= 11 is 0. The molecule has 37 heavy (non-hydrogen) atoms. The molecule has 9 nitrogen and oxygen atoms in total. The van der Waals surface area contributed by atoms with Crippen molar-refractivity contribution in [2.75, 3.05) is 32.5 Å². The van der Waals surface area contributed by atoms with Crippen molar-refractivity contribution in [3.63, 3.8) is 0 Å². The summed E-state index contributed by atoms with van der Waals surface area (Å²) in [6, 6.07) is 14.3. The van der Waals surface area contributed by atoms with E-state index in [1.165, 1.54) is 5.56 Å². The number of aliphatic carboxylic acids is 2. The second-order valence-electron chi connectivity index (χ2n) is 7.73. The molecule has 1 atom stereocenters. The van der Waals surface area contributed by atoms with Gasteiger partial charge in [-0.25, -0.2) is 9.59 Å². The number of alkyl halides is 6. The van der Waals surface area contributed by atoms with E-state index in [0.717, 1.165) is 47.5 Å². The van der Waals surface area contributed by atoms with Gasteiger partial charge in [-0.05, 0) is 30.8 Å². The maximum Gasteiger partial charge on any atom is 0.490 e.